The summed E-state index contributed by atoms with van der Waals surface area (Å²) in [6.07, 6.45) is 4.62. The predicted octanol–water partition coefficient (Wildman–Crippen LogP) is 4.01. The molecule has 0 aromatic carbocycles. The van der Waals surface area contributed by atoms with E-state index in [1.807, 2.05) is 25.7 Å². The lowest BCUT2D eigenvalue weighted by molar-refractivity contribution is -0.134. The molecular formula is C18H33N5O3. The summed E-state index contributed by atoms with van der Waals surface area (Å²) in [5.74, 6) is 0.619. The van der Waals surface area contributed by atoms with Crippen molar-refractivity contribution in [2.24, 2.45) is 11.0 Å². The van der Waals surface area contributed by atoms with Crippen LogP contribution in [0, 0.1) is 5.92 Å². The molecule has 148 valence electrons. The Hall–Kier alpha value is -1.95. The maximum atomic E-state index is 12.6. The molecule has 0 aromatic rings. The first-order chi connectivity index (χ1) is 12.3. The average molecular weight is 367 g/mol. The molecule has 1 rings (SSSR count). The van der Waals surface area contributed by atoms with Gasteiger partial charge in [-0.3, -0.25) is 4.79 Å². The van der Waals surface area contributed by atoms with Crippen molar-refractivity contribution in [1.29, 1.82) is 0 Å². The molecule has 8 nitrogen and oxygen atoms in total. The van der Waals surface area contributed by atoms with Crippen LogP contribution in [-0.2, 0) is 9.53 Å². The summed E-state index contributed by atoms with van der Waals surface area (Å²) in [7, 11) is 0. The van der Waals surface area contributed by atoms with Gasteiger partial charge in [0.1, 0.15) is 11.6 Å². The number of carbonyl (C=O) groups excluding carboxylic acids is 2. The monoisotopic (exact) mass is 367 g/mol. The van der Waals surface area contributed by atoms with E-state index in [2.05, 4.69) is 22.3 Å². The van der Waals surface area contributed by atoms with E-state index in [9.17, 15) is 9.59 Å². The lowest BCUT2D eigenvalue weighted by Crippen LogP contribution is -2.43. The predicted molar refractivity (Wildman–Crippen MR) is 101 cm³/mol. The first-order valence-electron chi connectivity index (χ1n) is 9.56. The van der Waals surface area contributed by atoms with Crippen LogP contribution in [0.25, 0.3) is 10.4 Å². The molecule has 0 saturated carbocycles. The van der Waals surface area contributed by atoms with E-state index in [1.165, 1.54) is 0 Å². The standard InChI is InChI=1S/C18H33N5O3/c1-5-14-9-12-23(13-10-14)16(24)15(21-22-19)8-6-7-11-20-17(25)26-18(2,3)4/h14-15H,5-13H2,1-4H3,(H,20,25)/t15-/m1/s1. The molecule has 0 aliphatic carbocycles. The smallest absolute Gasteiger partial charge is 0.407 e. The first kappa shape index (κ1) is 22.1. The van der Waals surface area contributed by atoms with Gasteiger partial charge in [0.05, 0.1) is 0 Å². The number of piperidine rings is 1. The Kier molecular flexibility index (Phi) is 9.27. The molecule has 1 N–H and O–H groups in total. The van der Waals surface area contributed by atoms with Crippen LogP contribution in [0.4, 0.5) is 4.79 Å². The van der Waals surface area contributed by atoms with Crippen molar-refractivity contribution >= 4 is 12.0 Å². The van der Waals surface area contributed by atoms with E-state index in [1.54, 1.807) is 0 Å². The van der Waals surface area contributed by atoms with Crippen LogP contribution in [0.5, 0.6) is 0 Å². The molecule has 26 heavy (non-hydrogen) atoms. The van der Waals surface area contributed by atoms with E-state index in [-0.39, 0.29) is 5.91 Å². The van der Waals surface area contributed by atoms with Crippen LogP contribution >= 0.6 is 0 Å². The molecule has 0 spiro atoms. The average Bonchev–Trinajstić information content (AvgIpc) is 2.58. The number of amides is 2. The van der Waals surface area contributed by atoms with E-state index in [4.69, 9.17) is 10.3 Å². The third kappa shape index (κ3) is 8.43. The van der Waals surface area contributed by atoms with E-state index in [0.717, 1.165) is 32.4 Å². The van der Waals surface area contributed by atoms with Crippen LogP contribution < -0.4 is 5.32 Å². The second-order valence-electron chi connectivity index (χ2n) is 7.82. The van der Waals surface area contributed by atoms with Crippen LogP contribution in [0.3, 0.4) is 0 Å². The number of unbranched alkanes of at least 4 members (excludes halogenated alkanes) is 1. The van der Waals surface area contributed by atoms with Gasteiger partial charge in [0.25, 0.3) is 0 Å². The van der Waals surface area contributed by atoms with Crippen molar-refractivity contribution in [3.8, 4) is 0 Å². The Morgan fingerprint density at radius 3 is 2.50 bits per heavy atom. The molecule has 0 unspecified atom stereocenters. The topological polar surface area (TPSA) is 107 Å². The number of hydrogen-bond donors (Lipinski definition) is 1. The van der Waals surface area contributed by atoms with Crippen LogP contribution in [-0.4, -0.2) is 48.2 Å². The number of hydrogen-bond acceptors (Lipinski definition) is 4. The molecular weight excluding hydrogens is 334 g/mol. The first-order valence-corrected chi connectivity index (χ1v) is 9.56. The highest BCUT2D eigenvalue weighted by Gasteiger charge is 2.26. The highest BCUT2D eigenvalue weighted by molar-refractivity contribution is 5.82. The molecule has 1 atom stereocenters. The maximum absolute atomic E-state index is 12.6. The lowest BCUT2D eigenvalue weighted by Gasteiger charge is -2.33. The largest absolute Gasteiger partial charge is 0.444 e. The highest BCUT2D eigenvalue weighted by atomic mass is 16.6. The Bertz CT molecular complexity index is 503. The number of likely N-dealkylation sites (tertiary alicyclic amines) is 1. The Morgan fingerprint density at radius 2 is 1.96 bits per heavy atom. The molecule has 1 fully saturated rings. The molecule has 1 aliphatic rings. The number of ether oxygens (including phenoxy) is 1. The van der Waals surface area contributed by atoms with Gasteiger partial charge in [0.15, 0.2) is 0 Å². The molecule has 1 aliphatic heterocycles. The number of rotatable bonds is 8. The molecule has 1 heterocycles. The van der Waals surface area contributed by atoms with Gasteiger partial charge in [-0.1, -0.05) is 24.9 Å². The molecule has 0 aromatic heterocycles. The van der Waals surface area contributed by atoms with Crippen molar-refractivity contribution in [3.05, 3.63) is 10.4 Å². The Morgan fingerprint density at radius 1 is 1.31 bits per heavy atom. The van der Waals surface area contributed by atoms with E-state index in [0.29, 0.717) is 31.7 Å². The molecule has 0 radical (unpaired) electrons. The third-order valence-electron chi connectivity index (χ3n) is 4.55. The second-order valence-corrected chi connectivity index (χ2v) is 7.82. The zero-order chi connectivity index (χ0) is 19.6. The number of nitrogens with one attached hydrogen (secondary N) is 1. The van der Waals surface area contributed by atoms with Crippen LogP contribution in [0.15, 0.2) is 5.11 Å². The highest BCUT2D eigenvalue weighted by Crippen LogP contribution is 2.21. The normalized spacial score (nSPS) is 16.5. The van der Waals surface area contributed by atoms with Gasteiger partial charge in [-0.25, -0.2) is 4.79 Å². The van der Waals surface area contributed by atoms with Crippen molar-refractivity contribution in [2.75, 3.05) is 19.6 Å². The summed E-state index contributed by atoms with van der Waals surface area (Å²) in [5.41, 5.74) is 8.24. The van der Waals surface area contributed by atoms with Crippen molar-refractivity contribution in [1.82, 2.24) is 10.2 Å². The minimum atomic E-state index is -0.653. The van der Waals surface area contributed by atoms with Gasteiger partial charge in [-0.05, 0) is 57.9 Å². The molecule has 8 heteroatoms. The minimum absolute atomic E-state index is 0.0718. The van der Waals surface area contributed by atoms with E-state index >= 15 is 0 Å². The van der Waals surface area contributed by atoms with Crippen molar-refractivity contribution in [3.63, 3.8) is 0 Å². The fraction of sp³-hybridized carbons (Fsp3) is 0.889. The number of azide groups is 1. The maximum Gasteiger partial charge on any atom is 0.407 e. The van der Waals surface area contributed by atoms with Gasteiger partial charge in [0.2, 0.25) is 5.91 Å². The third-order valence-corrected chi connectivity index (χ3v) is 4.55. The number of carbonyl (C=O) groups is 2. The summed E-state index contributed by atoms with van der Waals surface area (Å²) >= 11 is 0. The number of alkyl carbamates (subject to hydrolysis) is 1. The van der Waals surface area contributed by atoms with Gasteiger partial charge in [-0.2, -0.15) is 0 Å². The number of nitrogens with zero attached hydrogens (tertiary/aromatic N) is 4. The lowest BCUT2D eigenvalue weighted by atomic mass is 9.94. The van der Waals surface area contributed by atoms with Crippen molar-refractivity contribution in [2.45, 2.75) is 77.9 Å². The molecule has 0 bridgehead atoms. The minimum Gasteiger partial charge on any atom is -0.444 e. The summed E-state index contributed by atoms with van der Waals surface area (Å²) in [6, 6.07) is -0.653. The zero-order valence-corrected chi connectivity index (χ0v) is 16.5. The van der Waals surface area contributed by atoms with Crippen LogP contribution in [0.2, 0.25) is 0 Å². The summed E-state index contributed by atoms with van der Waals surface area (Å²) < 4.78 is 5.16. The fourth-order valence-electron chi connectivity index (χ4n) is 3.03. The van der Waals surface area contributed by atoms with Gasteiger partial charge < -0.3 is 15.0 Å². The second kappa shape index (κ2) is 10.9. The Balaban J connectivity index is 2.34. The summed E-state index contributed by atoms with van der Waals surface area (Å²) in [5, 5.41) is 6.39. The Labute approximate surface area is 156 Å². The van der Waals surface area contributed by atoms with Gasteiger partial charge in [-0.15, -0.1) is 0 Å². The summed E-state index contributed by atoms with van der Waals surface area (Å²) in [6.45, 7) is 9.57. The van der Waals surface area contributed by atoms with Crippen LogP contribution in [0.1, 0.15) is 66.2 Å². The van der Waals surface area contributed by atoms with E-state index < -0.39 is 17.7 Å². The van der Waals surface area contributed by atoms with Gasteiger partial charge >= 0.3 is 6.09 Å². The quantitative estimate of drug-likeness (QED) is 0.303. The van der Waals surface area contributed by atoms with Crippen molar-refractivity contribution < 1.29 is 14.3 Å². The fourth-order valence-corrected chi connectivity index (χ4v) is 3.03. The molecule has 2 amide bonds. The SMILES string of the molecule is CCC1CCN(C(=O)[C@@H](CCCCNC(=O)OC(C)(C)C)N=[N+]=[N-])CC1. The molecule has 1 saturated heterocycles. The zero-order valence-electron chi connectivity index (χ0n) is 16.5. The van der Waals surface area contributed by atoms with Gasteiger partial charge in [0, 0.05) is 24.5 Å². The summed E-state index contributed by atoms with van der Waals surface area (Å²) in [4.78, 5) is 28.8.